The average molecular weight is 476 g/mol. The van der Waals surface area contributed by atoms with Crippen LogP contribution in [0.4, 0.5) is 4.39 Å². The minimum Gasteiger partial charge on any atom is -0.459 e. The smallest absolute Gasteiger partial charge is 0.338 e. The van der Waals surface area contributed by atoms with Gasteiger partial charge >= 0.3 is 5.97 Å². The molecule has 0 unspecified atom stereocenters. The zero-order valence-corrected chi connectivity index (χ0v) is 20.1. The lowest BCUT2D eigenvalue weighted by Crippen LogP contribution is -2.60. The predicted octanol–water partition coefficient (Wildman–Crippen LogP) is 4.98. The third-order valence-corrected chi connectivity index (χ3v) is 7.06. The van der Waals surface area contributed by atoms with Gasteiger partial charge in [-0.15, -0.1) is 0 Å². The van der Waals surface area contributed by atoms with Crippen LogP contribution >= 0.6 is 0 Å². The molecule has 8 heteroatoms. The van der Waals surface area contributed by atoms with Crippen molar-refractivity contribution in [2.24, 2.45) is 0 Å². The Hall–Kier alpha value is -2.55. The summed E-state index contributed by atoms with van der Waals surface area (Å²) < 4.78 is 43.3. The number of carbonyl (C=O) groups is 1. The first-order valence-electron chi connectivity index (χ1n) is 10.7. The summed E-state index contributed by atoms with van der Waals surface area (Å²) in [6, 6.07) is 11.8. The van der Waals surface area contributed by atoms with Crippen molar-refractivity contribution < 1.29 is 27.5 Å². The highest BCUT2D eigenvalue weighted by Gasteiger charge is 2.46. The van der Waals surface area contributed by atoms with Crippen LogP contribution in [0.5, 0.6) is 0 Å². The molecule has 0 saturated carbocycles. The van der Waals surface area contributed by atoms with Crippen molar-refractivity contribution in [2.45, 2.75) is 63.5 Å². The molecule has 0 atom stereocenters. The number of sulfone groups is 1. The van der Waals surface area contributed by atoms with E-state index in [0.717, 1.165) is 5.41 Å². The quantitative estimate of drug-likeness (QED) is 0.594. The van der Waals surface area contributed by atoms with Crippen LogP contribution in [0.1, 0.15) is 62.0 Å². The van der Waals surface area contributed by atoms with E-state index in [4.69, 9.17) is 4.74 Å². The topological polar surface area (TPSA) is 83.9 Å². The summed E-state index contributed by atoms with van der Waals surface area (Å²) in [7, 11) is -3.54. The summed E-state index contributed by atoms with van der Waals surface area (Å²) in [6.07, 6.45) is 2.13. The molecule has 6 nitrogen and oxygen atoms in total. The van der Waals surface area contributed by atoms with Crippen LogP contribution in [0.15, 0.2) is 53.9 Å². The summed E-state index contributed by atoms with van der Waals surface area (Å²) in [5, 5.41) is 12.8. The molecule has 178 valence electrons. The predicted molar refractivity (Wildman–Crippen MR) is 125 cm³/mol. The third-order valence-electron chi connectivity index (χ3n) is 5.77. The Morgan fingerprint density at radius 1 is 1.06 bits per heavy atom. The normalized spacial score (nSPS) is 19.0. The van der Waals surface area contributed by atoms with Gasteiger partial charge in [-0.25, -0.2) is 17.6 Å². The van der Waals surface area contributed by atoms with Crippen LogP contribution in [0.25, 0.3) is 6.08 Å². The third kappa shape index (κ3) is 6.50. The largest absolute Gasteiger partial charge is 0.459 e. The minimum absolute atomic E-state index is 0.229. The van der Waals surface area contributed by atoms with E-state index in [1.807, 2.05) is 27.7 Å². The second-order valence-corrected chi connectivity index (χ2v) is 11.6. The molecule has 1 heterocycles. The number of halogens is 1. The fourth-order valence-corrected chi connectivity index (χ4v) is 5.37. The highest BCUT2D eigenvalue weighted by atomic mass is 32.2. The van der Waals surface area contributed by atoms with E-state index in [1.54, 1.807) is 24.3 Å². The lowest BCUT2D eigenvalue weighted by Gasteiger charge is -2.50. The van der Waals surface area contributed by atoms with Crippen molar-refractivity contribution in [3.8, 4) is 0 Å². The van der Waals surface area contributed by atoms with Crippen LogP contribution in [-0.4, -0.2) is 41.8 Å². The summed E-state index contributed by atoms with van der Waals surface area (Å²) >= 11 is 0. The van der Waals surface area contributed by atoms with Gasteiger partial charge in [0.2, 0.25) is 0 Å². The summed E-state index contributed by atoms with van der Waals surface area (Å²) in [6.45, 7) is 7.61. The van der Waals surface area contributed by atoms with Crippen LogP contribution in [0.2, 0.25) is 0 Å². The van der Waals surface area contributed by atoms with Gasteiger partial charge in [-0.3, -0.25) is 0 Å². The Labute approximate surface area is 194 Å². The van der Waals surface area contributed by atoms with Crippen molar-refractivity contribution in [3.63, 3.8) is 0 Å². The molecule has 0 amide bonds. The second-order valence-electron chi connectivity index (χ2n) is 9.73. The zero-order chi connectivity index (χ0) is 24.4. The molecule has 0 bridgehead atoms. The van der Waals surface area contributed by atoms with Gasteiger partial charge in [-0.1, -0.05) is 24.3 Å². The van der Waals surface area contributed by atoms with Crippen LogP contribution in [-0.2, 0) is 20.3 Å². The van der Waals surface area contributed by atoms with Gasteiger partial charge in [0, 0.05) is 29.3 Å². The van der Waals surface area contributed by atoms with Gasteiger partial charge < -0.3 is 9.94 Å². The van der Waals surface area contributed by atoms with E-state index in [9.17, 15) is 22.8 Å². The fourth-order valence-electron chi connectivity index (χ4n) is 4.26. The molecule has 2 aromatic carbocycles. The van der Waals surface area contributed by atoms with Crippen molar-refractivity contribution in [1.29, 1.82) is 0 Å². The van der Waals surface area contributed by atoms with Crippen LogP contribution in [0, 0.1) is 5.82 Å². The Balaban J connectivity index is 1.62. The maximum atomic E-state index is 13.0. The van der Waals surface area contributed by atoms with E-state index in [-0.39, 0.29) is 11.9 Å². The van der Waals surface area contributed by atoms with E-state index in [2.05, 4.69) is 0 Å². The number of esters is 1. The molecular formula is C25H30FNO5S. The van der Waals surface area contributed by atoms with Gasteiger partial charge in [0.05, 0.1) is 11.3 Å². The first-order valence-corrected chi connectivity index (χ1v) is 12.4. The SMILES string of the molecule is CC1(C)CC(OC(=O)c2ccc(/C=C/S(=O)(=O)Cc3ccc(F)cc3)cc2)CC(C)(C)N1O. The second kappa shape index (κ2) is 9.37. The Morgan fingerprint density at radius 3 is 2.15 bits per heavy atom. The monoisotopic (exact) mass is 475 g/mol. The molecule has 1 N–H and O–H groups in total. The maximum absolute atomic E-state index is 13.0. The molecule has 2 aromatic rings. The summed E-state index contributed by atoms with van der Waals surface area (Å²) in [5.41, 5.74) is 0.424. The van der Waals surface area contributed by atoms with Gasteiger partial charge in [0.25, 0.3) is 0 Å². The van der Waals surface area contributed by atoms with Gasteiger partial charge in [0.15, 0.2) is 9.84 Å². The van der Waals surface area contributed by atoms with Crippen molar-refractivity contribution in [3.05, 3.63) is 76.4 Å². The number of carbonyl (C=O) groups excluding carboxylic acids is 1. The molecule has 0 spiro atoms. The van der Waals surface area contributed by atoms with E-state index in [1.165, 1.54) is 35.4 Å². The Bertz CT molecular complexity index is 1100. The van der Waals surface area contributed by atoms with Gasteiger partial charge in [-0.05, 0) is 69.2 Å². The number of hydrogen-bond donors (Lipinski definition) is 1. The molecular weight excluding hydrogens is 445 g/mol. The van der Waals surface area contributed by atoms with E-state index >= 15 is 0 Å². The number of nitrogens with zero attached hydrogens (tertiary/aromatic N) is 1. The summed E-state index contributed by atoms with van der Waals surface area (Å²) in [4.78, 5) is 12.6. The molecule has 1 aliphatic rings. The number of ether oxygens (including phenoxy) is 1. The van der Waals surface area contributed by atoms with Crippen LogP contribution in [0.3, 0.4) is 0 Å². The van der Waals surface area contributed by atoms with Gasteiger partial charge in [0.1, 0.15) is 11.9 Å². The van der Waals surface area contributed by atoms with E-state index < -0.39 is 32.7 Å². The van der Waals surface area contributed by atoms with Crippen molar-refractivity contribution in [1.82, 2.24) is 5.06 Å². The molecule has 0 aliphatic carbocycles. The number of rotatable bonds is 6. The average Bonchev–Trinajstić information content (AvgIpc) is 2.72. The lowest BCUT2D eigenvalue weighted by atomic mass is 9.80. The fraction of sp³-hybridized carbons (Fsp3) is 0.400. The molecule has 1 fully saturated rings. The summed E-state index contributed by atoms with van der Waals surface area (Å²) in [5.74, 6) is -1.11. The first-order chi connectivity index (χ1) is 15.3. The van der Waals surface area contributed by atoms with Crippen molar-refractivity contribution >= 4 is 21.9 Å². The molecule has 1 aliphatic heterocycles. The molecule has 33 heavy (non-hydrogen) atoms. The number of piperidine rings is 1. The molecule has 1 saturated heterocycles. The van der Waals surface area contributed by atoms with Crippen molar-refractivity contribution in [2.75, 3.05) is 0 Å². The highest BCUT2D eigenvalue weighted by Crippen LogP contribution is 2.38. The van der Waals surface area contributed by atoms with E-state index in [0.29, 0.717) is 29.5 Å². The number of hydrogen-bond acceptors (Lipinski definition) is 6. The molecule has 0 radical (unpaired) electrons. The van der Waals surface area contributed by atoms with Crippen LogP contribution < -0.4 is 0 Å². The Kier molecular flexibility index (Phi) is 7.12. The Morgan fingerprint density at radius 2 is 1.61 bits per heavy atom. The maximum Gasteiger partial charge on any atom is 0.338 e. The molecule has 3 rings (SSSR count). The minimum atomic E-state index is -3.54. The number of benzene rings is 2. The lowest BCUT2D eigenvalue weighted by molar-refractivity contribution is -0.256. The number of hydroxylamine groups is 2. The standard InChI is InChI=1S/C25H30FNO5S/c1-24(2)15-22(16-25(3,4)27(24)29)32-23(28)20-9-5-18(6-10-20)13-14-33(30,31)17-19-7-11-21(26)12-8-19/h5-14,22,29H,15-17H2,1-4H3/b14-13+. The van der Waals surface area contributed by atoms with Gasteiger partial charge in [-0.2, -0.15) is 5.06 Å². The molecule has 0 aromatic heterocycles. The highest BCUT2D eigenvalue weighted by molar-refractivity contribution is 7.93. The zero-order valence-electron chi connectivity index (χ0n) is 19.3. The first kappa shape index (κ1) is 25.1.